The Kier molecular flexibility index (Phi) is 4.93. The van der Waals surface area contributed by atoms with Gasteiger partial charge in [-0.1, -0.05) is 13.8 Å². The molecule has 2 rings (SSSR count). The van der Waals surface area contributed by atoms with Crippen LogP contribution in [0.2, 0.25) is 0 Å². The van der Waals surface area contributed by atoms with E-state index in [-0.39, 0.29) is 29.2 Å². The first-order valence-electron chi connectivity index (χ1n) is 7.55. The first kappa shape index (κ1) is 16.9. The summed E-state index contributed by atoms with van der Waals surface area (Å²) in [5.74, 6) is -0.600. The van der Waals surface area contributed by atoms with Crippen LogP contribution in [0.5, 0.6) is 11.5 Å². The standard InChI is InChI=1S/C17H21NO5/c1-9(2)6-7-18-14(20)8-12-10(3)11-4-5-13(19)15(21)16(11)23-17(12)22/h4-5,9,19,21H,6-8H2,1-3H3,(H,18,20). The summed E-state index contributed by atoms with van der Waals surface area (Å²) in [5.41, 5.74) is 0.0570. The third-order valence-corrected chi connectivity index (χ3v) is 3.79. The average Bonchev–Trinajstić information content (AvgIpc) is 2.47. The van der Waals surface area contributed by atoms with E-state index in [1.807, 2.05) is 0 Å². The zero-order valence-electron chi connectivity index (χ0n) is 13.5. The second kappa shape index (κ2) is 6.73. The van der Waals surface area contributed by atoms with Crippen LogP contribution in [0.3, 0.4) is 0 Å². The van der Waals surface area contributed by atoms with Crippen LogP contribution in [0.1, 0.15) is 31.4 Å². The summed E-state index contributed by atoms with van der Waals surface area (Å²) in [5, 5.41) is 22.5. The van der Waals surface area contributed by atoms with Crippen molar-refractivity contribution in [3.05, 3.63) is 33.7 Å². The molecule has 0 saturated heterocycles. The lowest BCUT2D eigenvalue weighted by molar-refractivity contribution is -0.120. The predicted molar refractivity (Wildman–Crippen MR) is 86.7 cm³/mol. The van der Waals surface area contributed by atoms with E-state index in [2.05, 4.69) is 19.2 Å². The van der Waals surface area contributed by atoms with E-state index < -0.39 is 11.4 Å². The molecule has 6 heteroatoms. The Morgan fingerprint density at radius 2 is 2.00 bits per heavy atom. The zero-order chi connectivity index (χ0) is 17.1. The summed E-state index contributed by atoms with van der Waals surface area (Å²) in [6.07, 6.45) is 0.786. The molecule has 0 unspecified atom stereocenters. The summed E-state index contributed by atoms with van der Waals surface area (Å²) in [7, 11) is 0. The molecule has 1 heterocycles. The maximum absolute atomic E-state index is 12.1. The molecular formula is C17H21NO5. The van der Waals surface area contributed by atoms with Crippen molar-refractivity contribution in [3.63, 3.8) is 0 Å². The number of hydrogen-bond donors (Lipinski definition) is 3. The van der Waals surface area contributed by atoms with Gasteiger partial charge in [-0.25, -0.2) is 4.79 Å². The summed E-state index contributed by atoms with van der Waals surface area (Å²) in [6, 6.07) is 2.86. The van der Waals surface area contributed by atoms with Crippen LogP contribution in [0.15, 0.2) is 21.3 Å². The molecule has 0 saturated carbocycles. The largest absolute Gasteiger partial charge is 0.504 e. The lowest BCUT2D eigenvalue weighted by Gasteiger charge is -2.10. The first-order valence-corrected chi connectivity index (χ1v) is 7.55. The molecule has 0 aliphatic heterocycles. The van der Waals surface area contributed by atoms with Gasteiger partial charge in [-0.05, 0) is 37.0 Å². The molecule has 1 amide bonds. The number of carbonyl (C=O) groups excluding carboxylic acids is 1. The Bertz CT molecular complexity index is 792. The van der Waals surface area contributed by atoms with Crippen LogP contribution < -0.4 is 10.9 Å². The molecule has 0 bridgehead atoms. The molecule has 2 aromatic rings. The quantitative estimate of drug-likeness (QED) is 0.579. The molecule has 1 aromatic carbocycles. The van der Waals surface area contributed by atoms with Crippen LogP contribution in [0.4, 0.5) is 0 Å². The normalized spacial score (nSPS) is 11.1. The summed E-state index contributed by atoms with van der Waals surface area (Å²) in [6.45, 7) is 6.38. The molecule has 23 heavy (non-hydrogen) atoms. The molecular weight excluding hydrogens is 298 g/mol. The topological polar surface area (TPSA) is 99.8 Å². The second-order valence-corrected chi connectivity index (χ2v) is 6.01. The van der Waals surface area contributed by atoms with Crippen LogP contribution >= 0.6 is 0 Å². The van der Waals surface area contributed by atoms with E-state index in [1.54, 1.807) is 13.0 Å². The minimum Gasteiger partial charge on any atom is -0.504 e. The number of aryl methyl sites for hydroxylation is 1. The fourth-order valence-corrected chi connectivity index (χ4v) is 2.36. The Hall–Kier alpha value is -2.50. The lowest BCUT2D eigenvalue weighted by atomic mass is 10.0. The van der Waals surface area contributed by atoms with E-state index in [1.165, 1.54) is 6.07 Å². The SMILES string of the molecule is Cc1c(CC(=O)NCCC(C)C)c(=O)oc2c(O)c(O)ccc12. The van der Waals surface area contributed by atoms with Gasteiger partial charge in [-0.15, -0.1) is 0 Å². The van der Waals surface area contributed by atoms with Crippen molar-refractivity contribution in [3.8, 4) is 11.5 Å². The van der Waals surface area contributed by atoms with Crippen molar-refractivity contribution < 1.29 is 19.4 Å². The Labute approximate surface area is 133 Å². The number of hydrogen-bond acceptors (Lipinski definition) is 5. The minimum absolute atomic E-state index is 0.0727. The highest BCUT2D eigenvalue weighted by Gasteiger charge is 2.18. The molecule has 0 spiro atoms. The third kappa shape index (κ3) is 3.64. The number of carbonyl (C=O) groups is 1. The monoisotopic (exact) mass is 319 g/mol. The van der Waals surface area contributed by atoms with Gasteiger partial charge < -0.3 is 19.9 Å². The summed E-state index contributed by atoms with van der Waals surface area (Å²) < 4.78 is 5.08. The summed E-state index contributed by atoms with van der Waals surface area (Å²) in [4.78, 5) is 24.1. The van der Waals surface area contributed by atoms with Gasteiger partial charge in [0.15, 0.2) is 11.3 Å². The number of phenolic OH excluding ortho intramolecular Hbond substituents is 2. The van der Waals surface area contributed by atoms with Crippen molar-refractivity contribution in [2.45, 2.75) is 33.6 Å². The van der Waals surface area contributed by atoms with Gasteiger partial charge in [0.05, 0.1) is 12.0 Å². The smallest absolute Gasteiger partial charge is 0.340 e. The highest BCUT2D eigenvalue weighted by Crippen LogP contribution is 2.34. The molecule has 0 aliphatic rings. The molecule has 1 aromatic heterocycles. The van der Waals surface area contributed by atoms with Crippen molar-refractivity contribution in [2.24, 2.45) is 5.92 Å². The zero-order valence-corrected chi connectivity index (χ0v) is 13.5. The first-order chi connectivity index (χ1) is 10.8. The van der Waals surface area contributed by atoms with Crippen LogP contribution in [-0.4, -0.2) is 22.7 Å². The van der Waals surface area contributed by atoms with Crippen molar-refractivity contribution >= 4 is 16.9 Å². The summed E-state index contributed by atoms with van der Waals surface area (Å²) >= 11 is 0. The van der Waals surface area contributed by atoms with E-state index in [9.17, 15) is 19.8 Å². The molecule has 0 aliphatic carbocycles. The van der Waals surface area contributed by atoms with E-state index >= 15 is 0 Å². The Morgan fingerprint density at radius 1 is 1.30 bits per heavy atom. The van der Waals surface area contributed by atoms with Gasteiger partial charge >= 0.3 is 5.63 Å². The fraction of sp³-hybridized carbons (Fsp3) is 0.412. The highest BCUT2D eigenvalue weighted by atomic mass is 16.4. The molecule has 0 radical (unpaired) electrons. The predicted octanol–water partition coefficient (Wildman–Crippen LogP) is 2.22. The molecule has 0 fully saturated rings. The van der Waals surface area contributed by atoms with E-state index in [0.29, 0.717) is 23.4 Å². The van der Waals surface area contributed by atoms with Crippen molar-refractivity contribution in [1.29, 1.82) is 0 Å². The molecule has 0 atom stereocenters. The number of phenols is 2. The molecule has 124 valence electrons. The minimum atomic E-state index is -0.685. The van der Waals surface area contributed by atoms with Crippen molar-refractivity contribution in [1.82, 2.24) is 5.32 Å². The van der Waals surface area contributed by atoms with Gasteiger partial charge in [0.1, 0.15) is 0 Å². The number of nitrogens with one attached hydrogen (secondary N) is 1. The number of amides is 1. The Morgan fingerprint density at radius 3 is 2.65 bits per heavy atom. The maximum Gasteiger partial charge on any atom is 0.340 e. The molecule has 6 nitrogen and oxygen atoms in total. The van der Waals surface area contributed by atoms with Gasteiger partial charge in [0.2, 0.25) is 11.7 Å². The van der Waals surface area contributed by atoms with Gasteiger partial charge in [0, 0.05) is 11.9 Å². The lowest BCUT2D eigenvalue weighted by Crippen LogP contribution is -2.29. The van der Waals surface area contributed by atoms with Gasteiger partial charge in [-0.3, -0.25) is 4.79 Å². The van der Waals surface area contributed by atoms with Crippen LogP contribution in [0, 0.1) is 12.8 Å². The van der Waals surface area contributed by atoms with Crippen molar-refractivity contribution in [2.75, 3.05) is 6.54 Å². The van der Waals surface area contributed by atoms with E-state index in [0.717, 1.165) is 6.42 Å². The van der Waals surface area contributed by atoms with Gasteiger partial charge in [0.25, 0.3) is 0 Å². The third-order valence-electron chi connectivity index (χ3n) is 3.79. The number of benzene rings is 1. The number of fused-ring (bicyclic) bond motifs is 1. The number of aromatic hydroxyl groups is 2. The van der Waals surface area contributed by atoms with Crippen LogP contribution in [0.25, 0.3) is 11.0 Å². The highest BCUT2D eigenvalue weighted by molar-refractivity contribution is 5.89. The van der Waals surface area contributed by atoms with Gasteiger partial charge in [-0.2, -0.15) is 0 Å². The number of rotatable bonds is 5. The average molecular weight is 319 g/mol. The molecule has 3 N–H and O–H groups in total. The van der Waals surface area contributed by atoms with Crippen LogP contribution in [-0.2, 0) is 11.2 Å². The fourth-order valence-electron chi connectivity index (χ4n) is 2.36. The van der Waals surface area contributed by atoms with E-state index in [4.69, 9.17) is 4.42 Å². The Balaban J connectivity index is 2.30. The maximum atomic E-state index is 12.1. The second-order valence-electron chi connectivity index (χ2n) is 6.01.